The molecule has 0 aromatic heterocycles. The molecule has 0 heterocycles. The van der Waals surface area contributed by atoms with E-state index in [1.54, 1.807) is 3.58 Å². The number of hydrogen-bond donors (Lipinski definition) is 0. The molecular weight excluding hydrogens is 385 g/mol. The maximum absolute atomic E-state index is 2.45. The zero-order chi connectivity index (χ0) is 16.3. The summed E-state index contributed by atoms with van der Waals surface area (Å²) in [5.74, 6) is 0. The maximum atomic E-state index is 2.45. The van der Waals surface area contributed by atoms with E-state index in [9.17, 15) is 0 Å². The third-order valence-corrected chi connectivity index (χ3v) is 9.92. The van der Waals surface area contributed by atoms with Gasteiger partial charge in [0.1, 0.15) is 0 Å². The summed E-state index contributed by atoms with van der Waals surface area (Å²) in [5.41, 5.74) is 3.58. The molecule has 3 aromatic rings. The molecule has 0 aliphatic carbocycles. The van der Waals surface area contributed by atoms with Gasteiger partial charge in [0.15, 0.2) is 0 Å². The van der Waals surface area contributed by atoms with Crippen molar-refractivity contribution in [3.63, 3.8) is 0 Å². The van der Waals surface area contributed by atoms with Crippen molar-refractivity contribution < 1.29 is 0 Å². The first-order chi connectivity index (χ1) is 11.1. The van der Waals surface area contributed by atoms with Gasteiger partial charge in [0, 0.05) is 0 Å². The Morgan fingerprint density at radius 2 is 0.913 bits per heavy atom. The van der Waals surface area contributed by atoms with Gasteiger partial charge in [-0.15, -0.1) is 0 Å². The van der Waals surface area contributed by atoms with Crippen molar-refractivity contribution in [1.29, 1.82) is 0 Å². The number of para-hydroxylation sites is 2. The molecule has 116 valence electrons. The van der Waals surface area contributed by atoms with Gasteiger partial charge < -0.3 is 0 Å². The fourth-order valence-electron chi connectivity index (χ4n) is 2.71. The molecular formula is C21H23NSn. The molecule has 0 saturated carbocycles. The van der Waals surface area contributed by atoms with Crippen LogP contribution < -0.4 is 8.48 Å². The summed E-state index contributed by atoms with van der Waals surface area (Å²) in [6, 6.07) is 30.3. The molecule has 3 rings (SSSR count). The number of hydrogen-bond acceptors (Lipinski definition) is 1. The molecule has 0 amide bonds. The van der Waals surface area contributed by atoms with E-state index in [2.05, 4.69) is 105 Å². The first-order valence-corrected chi connectivity index (χ1v) is 18.1. The van der Waals surface area contributed by atoms with E-state index in [4.69, 9.17) is 0 Å². The second-order valence-corrected chi connectivity index (χ2v) is 21.3. The van der Waals surface area contributed by atoms with E-state index in [1.165, 1.54) is 17.1 Å². The van der Waals surface area contributed by atoms with Crippen molar-refractivity contribution in [3.05, 3.63) is 84.9 Å². The molecule has 0 N–H and O–H groups in total. The van der Waals surface area contributed by atoms with Gasteiger partial charge in [-0.1, -0.05) is 0 Å². The van der Waals surface area contributed by atoms with E-state index in [0.717, 1.165) is 0 Å². The van der Waals surface area contributed by atoms with Gasteiger partial charge in [0.2, 0.25) is 0 Å². The van der Waals surface area contributed by atoms with Gasteiger partial charge in [0.25, 0.3) is 0 Å². The summed E-state index contributed by atoms with van der Waals surface area (Å²) in [4.78, 5) is 9.67. The van der Waals surface area contributed by atoms with E-state index < -0.39 is 18.4 Å². The van der Waals surface area contributed by atoms with Crippen molar-refractivity contribution in [1.82, 2.24) is 0 Å². The predicted molar refractivity (Wildman–Crippen MR) is 104 cm³/mol. The molecule has 0 bridgehead atoms. The van der Waals surface area contributed by atoms with E-state index in [1.807, 2.05) is 0 Å². The standard InChI is InChI=1S/C18H14N.3CH3.Sn/c1-4-10-16(11-5-1)19(17-12-6-2-7-13-17)18-14-8-3-9-15-18;;;;/h1-2,4-15H;3*1H3;. The normalized spacial score (nSPS) is 11.3. The SMILES string of the molecule is [CH3][Sn]([CH3])([CH3])[c]1ccc(N(c2ccccc2)c2ccccc2)cc1. The topological polar surface area (TPSA) is 3.24 Å². The predicted octanol–water partition coefficient (Wildman–Crippen LogP) is 5.70. The minimum atomic E-state index is -2.00. The van der Waals surface area contributed by atoms with Crippen LogP contribution in [0.15, 0.2) is 84.9 Å². The third-order valence-electron chi connectivity index (χ3n) is 4.02. The van der Waals surface area contributed by atoms with Crippen LogP contribution in [0.5, 0.6) is 0 Å². The van der Waals surface area contributed by atoms with Crippen molar-refractivity contribution in [2.45, 2.75) is 14.8 Å². The molecule has 0 atom stereocenters. The fraction of sp³-hybridized carbons (Fsp3) is 0.143. The second-order valence-electron chi connectivity index (χ2n) is 6.80. The van der Waals surface area contributed by atoms with Crippen LogP contribution in [0.25, 0.3) is 0 Å². The van der Waals surface area contributed by atoms with Crippen LogP contribution in [0.1, 0.15) is 0 Å². The average Bonchev–Trinajstić information content (AvgIpc) is 2.57. The summed E-state index contributed by atoms with van der Waals surface area (Å²) < 4.78 is 1.56. The third kappa shape index (κ3) is 3.78. The minimum absolute atomic E-state index is 1.19. The van der Waals surface area contributed by atoms with Gasteiger partial charge in [-0.3, -0.25) is 0 Å². The van der Waals surface area contributed by atoms with Gasteiger partial charge in [-0.25, -0.2) is 0 Å². The molecule has 0 unspecified atom stereocenters. The number of rotatable bonds is 4. The zero-order valence-electron chi connectivity index (χ0n) is 14.0. The first kappa shape index (κ1) is 16.1. The monoisotopic (exact) mass is 409 g/mol. The summed E-state index contributed by atoms with van der Waals surface area (Å²) in [5, 5.41) is 0. The zero-order valence-corrected chi connectivity index (χ0v) is 16.9. The summed E-state index contributed by atoms with van der Waals surface area (Å²) in [6.45, 7) is 0. The van der Waals surface area contributed by atoms with Crippen LogP contribution in [0.2, 0.25) is 14.8 Å². The Bertz CT molecular complexity index is 704. The van der Waals surface area contributed by atoms with Gasteiger partial charge >= 0.3 is 144 Å². The van der Waals surface area contributed by atoms with E-state index in [-0.39, 0.29) is 0 Å². The van der Waals surface area contributed by atoms with Gasteiger partial charge in [-0.2, -0.15) is 0 Å². The Balaban J connectivity index is 2.06. The molecule has 0 radical (unpaired) electrons. The van der Waals surface area contributed by atoms with Crippen molar-refractivity contribution in [2.75, 3.05) is 4.90 Å². The van der Waals surface area contributed by atoms with Crippen LogP contribution in [-0.4, -0.2) is 18.4 Å². The molecule has 0 saturated heterocycles. The van der Waals surface area contributed by atoms with E-state index >= 15 is 0 Å². The van der Waals surface area contributed by atoms with Crippen LogP contribution in [-0.2, 0) is 0 Å². The molecule has 0 aliphatic rings. The summed E-state index contributed by atoms with van der Waals surface area (Å²) >= 11 is -2.00. The van der Waals surface area contributed by atoms with Crippen molar-refractivity contribution in [3.8, 4) is 0 Å². The Hall–Kier alpha value is -1.74. The Kier molecular flexibility index (Phi) is 4.76. The van der Waals surface area contributed by atoms with Crippen LogP contribution in [0.3, 0.4) is 0 Å². The molecule has 0 aliphatic heterocycles. The van der Waals surface area contributed by atoms with Crippen molar-refractivity contribution >= 4 is 39.0 Å². The number of benzene rings is 3. The van der Waals surface area contributed by atoms with Crippen LogP contribution >= 0.6 is 0 Å². The molecule has 1 nitrogen and oxygen atoms in total. The molecule has 0 spiro atoms. The number of anilines is 3. The van der Waals surface area contributed by atoms with Gasteiger partial charge in [-0.05, 0) is 0 Å². The fourth-order valence-corrected chi connectivity index (χ4v) is 6.04. The quantitative estimate of drug-likeness (QED) is 0.501. The average molecular weight is 408 g/mol. The van der Waals surface area contributed by atoms with Gasteiger partial charge in [0.05, 0.1) is 0 Å². The summed E-state index contributed by atoms with van der Waals surface area (Å²) in [6.07, 6.45) is 0. The number of nitrogens with zero attached hydrogens (tertiary/aromatic N) is 1. The molecule has 3 aromatic carbocycles. The molecule has 2 heteroatoms. The van der Waals surface area contributed by atoms with E-state index in [0.29, 0.717) is 0 Å². The second kappa shape index (κ2) is 6.79. The van der Waals surface area contributed by atoms with Crippen molar-refractivity contribution in [2.24, 2.45) is 0 Å². The molecule has 23 heavy (non-hydrogen) atoms. The Labute approximate surface area is 143 Å². The Morgan fingerprint density at radius 3 is 1.30 bits per heavy atom. The van der Waals surface area contributed by atoms with Crippen LogP contribution in [0.4, 0.5) is 17.1 Å². The summed E-state index contributed by atoms with van der Waals surface area (Å²) in [7, 11) is 0. The Morgan fingerprint density at radius 1 is 0.522 bits per heavy atom. The molecule has 0 fully saturated rings. The first-order valence-electron chi connectivity index (χ1n) is 8.06. The van der Waals surface area contributed by atoms with Crippen LogP contribution in [0, 0.1) is 0 Å².